The van der Waals surface area contributed by atoms with Gasteiger partial charge < -0.3 is 24.9 Å². The highest BCUT2D eigenvalue weighted by Gasteiger charge is 2.34. The van der Waals surface area contributed by atoms with E-state index in [1.807, 2.05) is 34.9 Å². The number of nitrogens with zero attached hydrogens (tertiary/aromatic N) is 4. The molecular weight excluding hydrogens is 605 g/mol. The largest absolute Gasteiger partial charge is 0.465 e. The first-order valence-corrected chi connectivity index (χ1v) is 17.3. The van der Waals surface area contributed by atoms with Crippen LogP contribution in [0.4, 0.5) is 11.8 Å². The maximum atomic E-state index is 14.0. The molecule has 2 aliphatic carbocycles. The van der Waals surface area contributed by atoms with Crippen molar-refractivity contribution in [1.29, 1.82) is 0 Å². The Labute approximate surface area is 268 Å². The number of imidazole rings is 1. The predicted molar refractivity (Wildman–Crippen MR) is 176 cm³/mol. The summed E-state index contributed by atoms with van der Waals surface area (Å²) in [5.41, 5.74) is 8.61. The highest BCUT2D eigenvalue weighted by atomic mass is 31.2. The summed E-state index contributed by atoms with van der Waals surface area (Å²) in [5.74, 6) is 0.592. The minimum atomic E-state index is -3.98. The number of rotatable bonds is 16. The van der Waals surface area contributed by atoms with Crippen molar-refractivity contribution < 1.29 is 23.1 Å². The molecule has 2 unspecified atom stereocenters. The Balaban J connectivity index is 1.04. The molecule has 13 heteroatoms. The molecule has 0 saturated heterocycles. The number of fused-ring (bicyclic) bond motifs is 1. The quantitative estimate of drug-likeness (QED) is 0.0582. The van der Waals surface area contributed by atoms with E-state index < -0.39 is 19.8 Å². The van der Waals surface area contributed by atoms with Crippen LogP contribution in [0.25, 0.3) is 11.2 Å². The van der Waals surface area contributed by atoms with Gasteiger partial charge in [0.2, 0.25) is 5.95 Å². The molecule has 0 radical (unpaired) electrons. The molecule has 0 bridgehead atoms. The Morgan fingerprint density at radius 1 is 1.07 bits per heavy atom. The summed E-state index contributed by atoms with van der Waals surface area (Å²) in [4.78, 5) is 26.2. The van der Waals surface area contributed by atoms with E-state index in [9.17, 15) is 9.36 Å². The number of carbonyl (C=O) groups is 1. The van der Waals surface area contributed by atoms with E-state index >= 15 is 0 Å². The molecule has 4 N–H and O–H groups in total. The standard InChI is InChI=1S/C33H40N7O5P/c1-23(32(41)43-19-9-8-12-24-10-4-2-5-11-24)39-46(42,45-28-13-6-3-7-14-28)44-21-25-15-18-27(20-25)40-22-35-29-30(36-26-16-17-26)37-33(34)38-31(29)40/h2-7,10-11,13-15,18,22-23,25-27H,8-9,12,16-17,19-21H2,1H3,(H,39,42)(H3,34,36,37,38)/t23-,25+,27?,46?/m0/s1. The fourth-order valence-electron chi connectivity index (χ4n) is 5.35. The van der Waals surface area contributed by atoms with E-state index in [-0.39, 0.29) is 31.1 Å². The third kappa shape index (κ3) is 8.31. The normalized spacial score (nSPS) is 19.5. The van der Waals surface area contributed by atoms with Crippen molar-refractivity contribution in [2.24, 2.45) is 5.92 Å². The van der Waals surface area contributed by atoms with E-state index in [1.54, 1.807) is 37.5 Å². The second-order valence-corrected chi connectivity index (χ2v) is 13.5. The van der Waals surface area contributed by atoms with Crippen molar-refractivity contribution in [3.63, 3.8) is 0 Å². The minimum absolute atomic E-state index is 0.0557. The Kier molecular flexibility index (Phi) is 9.97. The highest BCUT2D eigenvalue weighted by molar-refractivity contribution is 7.52. The van der Waals surface area contributed by atoms with Gasteiger partial charge in [-0.3, -0.25) is 9.32 Å². The maximum absolute atomic E-state index is 14.0. The fraction of sp³-hybridized carbons (Fsp3) is 0.394. The zero-order valence-corrected chi connectivity index (χ0v) is 26.7. The van der Waals surface area contributed by atoms with Gasteiger partial charge in [-0.05, 0) is 63.1 Å². The number of nitrogen functional groups attached to an aromatic ring is 1. The number of esters is 1. The monoisotopic (exact) mass is 645 g/mol. The number of nitrogens with two attached hydrogens (primary N) is 1. The van der Waals surface area contributed by atoms with E-state index in [0.717, 1.165) is 32.1 Å². The van der Waals surface area contributed by atoms with Gasteiger partial charge in [-0.1, -0.05) is 60.7 Å². The van der Waals surface area contributed by atoms with Gasteiger partial charge in [-0.25, -0.2) is 9.55 Å². The van der Waals surface area contributed by atoms with Gasteiger partial charge in [0, 0.05) is 12.0 Å². The van der Waals surface area contributed by atoms with Gasteiger partial charge in [-0.2, -0.15) is 15.1 Å². The smallest absolute Gasteiger partial charge is 0.459 e. The van der Waals surface area contributed by atoms with Crippen LogP contribution in [0.1, 0.15) is 50.6 Å². The first-order valence-electron chi connectivity index (χ1n) is 15.8. The number of ether oxygens (including phenoxy) is 1. The number of nitrogens with one attached hydrogen (secondary N) is 2. The molecule has 2 aromatic heterocycles. The molecule has 1 saturated carbocycles. The first-order chi connectivity index (χ1) is 22.3. The molecule has 2 aliphatic rings. The molecule has 0 aliphatic heterocycles. The molecule has 46 heavy (non-hydrogen) atoms. The van der Waals surface area contributed by atoms with Crippen LogP contribution in [-0.2, 0) is 25.0 Å². The van der Waals surface area contributed by atoms with Crippen LogP contribution in [-0.4, -0.2) is 50.8 Å². The van der Waals surface area contributed by atoms with Crippen LogP contribution in [0, 0.1) is 5.92 Å². The molecule has 4 aromatic rings. The highest BCUT2D eigenvalue weighted by Crippen LogP contribution is 2.46. The summed E-state index contributed by atoms with van der Waals surface area (Å²) < 4.78 is 33.2. The number of hydrogen-bond acceptors (Lipinski definition) is 10. The SMILES string of the molecule is C[C@H](NP(=O)(OC[C@@H]1C=CC(n2cnc3c(NC4CC4)nc(N)nc32)C1)Oc1ccccc1)C(=O)OCCCCc1ccccc1. The van der Waals surface area contributed by atoms with Crippen molar-refractivity contribution in [3.05, 3.63) is 84.7 Å². The Morgan fingerprint density at radius 3 is 2.59 bits per heavy atom. The second-order valence-electron chi connectivity index (χ2n) is 11.8. The summed E-state index contributed by atoms with van der Waals surface area (Å²) in [6.07, 6.45) is 11.2. The van der Waals surface area contributed by atoms with E-state index in [4.69, 9.17) is 19.5 Å². The number of hydrogen-bond donors (Lipinski definition) is 3. The molecule has 12 nitrogen and oxygen atoms in total. The van der Waals surface area contributed by atoms with Crippen molar-refractivity contribution in [3.8, 4) is 5.75 Å². The van der Waals surface area contributed by atoms with Crippen LogP contribution in [0.2, 0.25) is 0 Å². The van der Waals surface area contributed by atoms with Crippen LogP contribution in [0.3, 0.4) is 0 Å². The molecule has 0 spiro atoms. The van der Waals surface area contributed by atoms with Gasteiger partial charge in [0.15, 0.2) is 17.0 Å². The third-order valence-corrected chi connectivity index (χ3v) is 9.59. The van der Waals surface area contributed by atoms with E-state index in [2.05, 4.69) is 43.6 Å². The average molecular weight is 646 g/mol. The lowest BCUT2D eigenvalue weighted by Gasteiger charge is -2.24. The van der Waals surface area contributed by atoms with Crippen molar-refractivity contribution >= 4 is 36.6 Å². The number of anilines is 2. The predicted octanol–water partition coefficient (Wildman–Crippen LogP) is 5.85. The summed E-state index contributed by atoms with van der Waals surface area (Å²) in [7, 11) is -3.98. The molecule has 2 heterocycles. The Morgan fingerprint density at radius 2 is 1.83 bits per heavy atom. The Bertz CT molecular complexity index is 1700. The lowest BCUT2D eigenvalue weighted by Crippen LogP contribution is -2.35. The van der Waals surface area contributed by atoms with Crippen molar-refractivity contribution in [1.82, 2.24) is 24.6 Å². The third-order valence-electron chi connectivity index (χ3n) is 7.94. The summed E-state index contributed by atoms with van der Waals surface area (Å²) in [6, 6.07) is 18.3. The van der Waals surface area contributed by atoms with Gasteiger partial charge in [0.1, 0.15) is 11.8 Å². The lowest BCUT2D eigenvalue weighted by atomic mass is 10.1. The molecule has 6 rings (SSSR count). The zero-order valence-electron chi connectivity index (χ0n) is 25.8. The van der Waals surface area contributed by atoms with Gasteiger partial charge >= 0.3 is 13.7 Å². The maximum Gasteiger partial charge on any atom is 0.459 e. The number of allylic oxidation sites excluding steroid dienone is 1. The Hall–Kier alpha value is -4.25. The number of unbranched alkanes of at least 4 members (excludes halogenated alkanes) is 1. The number of aromatic nitrogens is 4. The summed E-state index contributed by atoms with van der Waals surface area (Å²) in [5, 5.41) is 6.17. The van der Waals surface area contributed by atoms with E-state index in [1.165, 1.54) is 5.56 Å². The first kappa shape index (κ1) is 31.7. The zero-order chi connectivity index (χ0) is 31.9. The molecule has 242 valence electrons. The summed E-state index contributed by atoms with van der Waals surface area (Å²) >= 11 is 0. The summed E-state index contributed by atoms with van der Waals surface area (Å²) in [6.45, 7) is 1.96. The second kappa shape index (κ2) is 14.5. The minimum Gasteiger partial charge on any atom is -0.465 e. The number of benzene rings is 2. The van der Waals surface area contributed by atoms with Gasteiger partial charge in [0.05, 0.1) is 25.6 Å². The fourth-order valence-corrected chi connectivity index (χ4v) is 6.89. The van der Waals surface area contributed by atoms with Crippen LogP contribution in [0.15, 0.2) is 79.1 Å². The molecule has 2 aromatic carbocycles. The van der Waals surface area contributed by atoms with E-state index in [0.29, 0.717) is 35.2 Å². The van der Waals surface area contributed by atoms with Crippen LogP contribution in [0.5, 0.6) is 5.75 Å². The molecule has 0 amide bonds. The average Bonchev–Trinajstić information content (AvgIpc) is 3.56. The van der Waals surface area contributed by atoms with Crippen molar-refractivity contribution in [2.45, 2.75) is 63.6 Å². The molecule has 4 atom stereocenters. The van der Waals surface area contributed by atoms with Crippen LogP contribution >= 0.6 is 7.75 Å². The molecule has 1 fully saturated rings. The van der Waals surface area contributed by atoms with Gasteiger partial charge in [0.25, 0.3) is 0 Å². The number of carbonyl (C=O) groups excluding carboxylic acids is 1. The lowest BCUT2D eigenvalue weighted by molar-refractivity contribution is -0.145. The number of aryl methyl sites for hydroxylation is 1. The topological polar surface area (TPSA) is 156 Å². The molecular formula is C33H40N7O5P. The van der Waals surface area contributed by atoms with Crippen molar-refractivity contribution in [2.75, 3.05) is 24.3 Å². The van der Waals surface area contributed by atoms with Gasteiger partial charge in [-0.15, -0.1) is 0 Å². The van der Waals surface area contributed by atoms with Crippen LogP contribution < -0.4 is 20.7 Å². The number of para-hydroxylation sites is 1.